The lowest BCUT2D eigenvalue weighted by atomic mass is 9.98. The number of rotatable bonds is 6. The predicted molar refractivity (Wildman–Crippen MR) is 93.9 cm³/mol. The summed E-state index contributed by atoms with van der Waals surface area (Å²) in [7, 11) is -3.35. The Balaban J connectivity index is 1.47. The second-order valence-electron chi connectivity index (χ2n) is 6.11. The van der Waals surface area contributed by atoms with E-state index in [1.54, 1.807) is 34.8 Å². The number of pyridine rings is 1. The van der Waals surface area contributed by atoms with Crippen LogP contribution in [0.2, 0.25) is 0 Å². The van der Waals surface area contributed by atoms with Crippen molar-refractivity contribution in [2.45, 2.75) is 24.3 Å². The lowest BCUT2D eigenvalue weighted by Crippen LogP contribution is -2.40. The molecule has 0 atom stereocenters. The quantitative estimate of drug-likeness (QED) is 0.872. The van der Waals surface area contributed by atoms with Crippen LogP contribution in [0.3, 0.4) is 0 Å². The number of aromatic nitrogens is 1. The second kappa shape index (κ2) is 7.88. The SMILES string of the molecule is O=S(=O)(c1ccccc1)N1CCC(CNCc2ccccn2)CC1. The summed E-state index contributed by atoms with van der Waals surface area (Å²) in [5.41, 5.74) is 1.03. The van der Waals surface area contributed by atoms with Gasteiger partial charge in [0.25, 0.3) is 0 Å². The van der Waals surface area contributed by atoms with Crippen LogP contribution in [0.1, 0.15) is 18.5 Å². The fourth-order valence-corrected chi connectivity index (χ4v) is 4.49. The molecule has 3 rings (SSSR count). The highest BCUT2D eigenvalue weighted by Crippen LogP contribution is 2.23. The maximum Gasteiger partial charge on any atom is 0.243 e. The van der Waals surface area contributed by atoms with E-state index in [9.17, 15) is 8.42 Å². The number of nitrogens with zero attached hydrogens (tertiary/aromatic N) is 2. The zero-order chi connectivity index (χ0) is 16.8. The van der Waals surface area contributed by atoms with Gasteiger partial charge in [0.2, 0.25) is 10.0 Å². The van der Waals surface area contributed by atoms with Crippen LogP contribution in [0, 0.1) is 5.92 Å². The van der Waals surface area contributed by atoms with Crippen molar-refractivity contribution in [3.05, 3.63) is 60.4 Å². The Hall–Kier alpha value is -1.76. The van der Waals surface area contributed by atoms with Crippen LogP contribution in [0.25, 0.3) is 0 Å². The van der Waals surface area contributed by atoms with Gasteiger partial charge < -0.3 is 5.32 Å². The van der Waals surface area contributed by atoms with Crippen LogP contribution in [0.5, 0.6) is 0 Å². The summed E-state index contributed by atoms with van der Waals surface area (Å²) < 4.78 is 26.8. The molecule has 1 N–H and O–H groups in total. The fraction of sp³-hybridized carbons (Fsp3) is 0.389. The molecule has 1 aliphatic heterocycles. The molecule has 0 unspecified atom stereocenters. The molecular weight excluding hydrogens is 322 g/mol. The van der Waals surface area contributed by atoms with Gasteiger partial charge in [0.05, 0.1) is 10.6 Å². The van der Waals surface area contributed by atoms with Crippen molar-refractivity contribution in [2.75, 3.05) is 19.6 Å². The van der Waals surface area contributed by atoms with Gasteiger partial charge in [-0.15, -0.1) is 0 Å². The Morgan fingerprint density at radius 1 is 1.04 bits per heavy atom. The van der Waals surface area contributed by atoms with E-state index in [1.165, 1.54) is 0 Å². The molecule has 1 aromatic heterocycles. The average molecular weight is 345 g/mol. The first-order valence-corrected chi connectivity index (χ1v) is 9.76. The van der Waals surface area contributed by atoms with Crippen molar-refractivity contribution in [3.8, 4) is 0 Å². The molecule has 0 saturated carbocycles. The molecule has 1 aromatic carbocycles. The van der Waals surface area contributed by atoms with E-state index in [1.807, 2.05) is 24.3 Å². The van der Waals surface area contributed by atoms with Gasteiger partial charge >= 0.3 is 0 Å². The van der Waals surface area contributed by atoms with Crippen LogP contribution in [-0.4, -0.2) is 37.3 Å². The molecule has 6 heteroatoms. The zero-order valence-corrected chi connectivity index (χ0v) is 14.5. The first kappa shape index (κ1) is 17.1. The molecule has 0 aliphatic carbocycles. The zero-order valence-electron chi connectivity index (χ0n) is 13.6. The summed E-state index contributed by atoms with van der Waals surface area (Å²) in [5, 5.41) is 3.43. The molecule has 1 fully saturated rings. The number of sulfonamides is 1. The standard InChI is InChI=1S/C18H23N3O2S/c22-24(23,18-7-2-1-3-8-18)21-12-9-16(10-13-21)14-19-15-17-6-4-5-11-20-17/h1-8,11,16,19H,9-10,12-15H2. The van der Waals surface area contributed by atoms with Gasteiger partial charge in [-0.1, -0.05) is 24.3 Å². The summed E-state index contributed by atoms with van der Waals surface area (Å²) in [5.74, 6) is 0.510. The summed E-state index contributed by atoms with van der Waals surface area (Å²) >= 11 is 0. The van der Waals surface area contributed by atoms with Crippen LogP contribution in [0.4, 0.5) is 0 Å². The van der Waals surface area contributed by atoms with Gasteiger partial charge in [-0.3, -0.25) is 4.98 Å². The smallest absolute Gasteiger partial charge is 0.243 e. The number of benzene rings is 1. The van der Waals surface area contributed by atoms with Crippen molar-refractivity contribution in [2.24, 2.45) is 5.92 Å². The molecule has 2 heterocycles. The predicted octanol–water partition coefficient (Wildman–Crippen LogP) is 2.27. The van der Waals surface area contributed by atoms with Crippen LogP contribution in [0.15, 0.2) is 59.6 Å². The van der Waals surface area contributed by atoms with E-state index in [-0.39, 0.29) is 0 Å². The lowest BCUT2D eigenvalue weighted by molar-refractivity contribution is 0.267. The third kappa shape index (κ3) is 4.20. The monoisotopic (exact) mass is 345 g/mol. The molecular formula is C18H23N3O2S. The number of nitrogens with one attached hydrogen (secondary N) is 1. The Morgan fingerprint density at radius 2 is 1.75 bits per heavy atom. The largest absolute Gasteiger partial charge is 0.311 e. The van der Waals surface area contributed by atoms with Crippen LogP contribution < -0.4 is 5.32 Å². The minimum atomic E-state index is -3.35. The third-order valence-corrected chi connectivity index (χ3v) is 6.33. The summed E-state index contributed by atoms with van der Waals surface area (Å²) in [4.78, 5) is 4.68. The minimum Gasteiger partial charge on any atom is -0.311 e. The molecule has 0 amide bonds. The first-order valence-electron chi connectivity index (χ1n) is 8.32. The van der Waals surface area contributed by atoms with E-state index in [4.69, 9.17) is 0 Å². The molecule has 2 aromatic rings. The van der Waals surface area contributed by atoms with Crippen LogP contribution in [-0.2, 0) is 16.6 Å². The van der Waals surface area contributed by atoms with Gasteiger partial charge in [-0.25, -0.2) is 8.42 Å². The normalized spacial score (nSPS) is 17.0. The summed E-state index contributed by atoms with van der Waals surface area (Å²) in [6.45, 7) is 2.83. The molecule has 0 spiro atoms. The Bertz CT molecular complexity index is 727. The maximum atomic E-state index is 12.6. The molecule has 1 aliphatic rings. The van der Waals surface area contributed by atoms with E-state index in [0.717, 1.165) is 31.6 Å². The van der Waals surface area contributed by atoms with E-state index in [0.29, 0.717) is 23.9 Å². The number of hydrogen-bond donors (Lipinski definition) is 1. The van der Waals surface area contributed by atoms with Crippen molar-refractivity contribution >= 4 is 10.0 Å². The highest BCUT2D eigenvalue weighted by molar-refractivity contribution is 7.89. The average Bonchev–Trinajstić information content (AvgIpc) is 2.64. The molecule has 0 bridgehead atoms. The molecule has 5 nitrogen and oxygen atoms in total. The van der Waals surface area contributed by atoms with Crippen molar-refractivity contribution in [1.82, 2.24) is 14.6 Å². The Kier molecular flexibility index (Phi) is 5.60. The van der Waals surface area contributed by atoms with Crippen molar-refractivity contribution in [3.63, 3.8) is 0 Å². The van der Waals surface area contributed by atoms with Crippen LogP contribution >= 0.6 is 0 Å². The van der Waals surface area contributed by atoms with Crippen molar-refractivity contribution < 1.29 is 8.42 Å². The Morgan fingerprint density at radius 3 is 2.42 bits per heavy atom. The lowest BCUT2D eigenvalue weighted by Gasteiger charge is -2.31. The number of hydrogen-bond acceptors (Lipinski definition) is 4. The first-order chi connectivity index (χ1) is 11.7. The minimum absolute atomic E-state index is 0.386. The topological polar surface area (TPSA) is 62.3 Å². The highest BCUT2D eigenvalue weighted by atomic mass is 32.2. The summed E-state index contributed by atoms with van der Waals surface area (Å²) in [6.07, 6.45) is 3.58. The van der Waals surface area contributed by atoms with Gasteiger partial charge in [0, 0.05) is 25.8 Å². The second-order valence-corrected chi connectivity index (χ2v) is 8.05. The van der Waals surface area contributed by atoms with Gasteiger partial charge in [-0.2, -0.15) is 4.31 Å². The maximum absolute atomic E-state index is 12.6. The van der Waals surface area contributed by atoms with Gasteiger partial charge in [0.1, 0.15) is 0 Å². The highest BCUT2D eigenvalue weighted by Gasteiger charge is 2.28. The molecule has 0 radical (unpaired) electrons. The van der Waals surface area contributed by atoms with Crippen molar-refractivity contribution in [1.29, 1.82) is 0 Å². The number of piperidine rings is 1. The molecule has 24 heavy (non-hydrogen) atoms. The van der Waals surface area contributed by atoms with Gasteiger partial charge in [-0.05, 0) is 49.6 Å². The molecule has 1 saturated heterocycles. The fourth-order valence-electron chi connectivity index (χ4n) is 3.00. The van der Waals surface area contributed by atoms with E-state index < -0.39 is 10.0 Å². The van der Waals surface area contributed by atoms with Gasteiger partial charge in [0.15, 0.2) is 0 Å². The summed E-state index contributed by atoms with van der Waals surface area (Å²) in [6, 6.07) is 14.6. The third-order valence-electron chi connectivity index (χ3n) is 4.42. The van der Waals surface area contributed by atoms with E-state index >= 15 is 0 Å². The Labute approximate surface area is 143 Å². The molecule has 128 valence electrons. The van der Waals surface area contributed by atoms with E-state index in [2.05, 4.69) is 10.3 Å².